The monoisotopic (exact) mass is 468 g/mol. The first-order chi connectivity index (χ1) is 12.9. The van der Waals surface area contributed by atoms with Crippen LogP contribution in [0.1, 0.15) is 22.3 Å². The molecule has 0 aromatic heterocycles. The Hall–Kier alpha value is -2.10. The standard InChI is InChI=1S/C14H12F12N2O2/c1-3-5(9(29,11(15,16)17)12(18,19)20)8(28)4(2)6(7(3)27)10(30,13(21,22)23)14(24,25)26/h29-30H,27-28H2,1-2H3. The first kappa shape index (κ1) is 25.9. The van der Waals surface area contributed by atoms with Gasteiger partial charge in [0.2, 0.25) is 0 Å². The minimum absolute atomic E-state index is 0.180. The number of halogens is 12. The van der Waals surface area contributed by atoms with E-state index >= 15 is 0 Å². The highest BCUT2D eigenvalue weighted by atomic mass is 19.4. The molecule has 0 radical (unpaired) electrons. The summed E-state index contributed by atoms with van der Waals surface area (Å²) in [5.41, 5.74) is -13.4. The summed E-state index contributed by atoms with van der Waals surface area (Å²) in [5.74, 6) is 0. The third kappa shape index (κ3) is 3.29. The summed E-state index contributed by atoms with van der Waals surface area (Å²) in [7, 11) is 0. The average molecular weight is 468 g/mol. The predicted molar refractivity (Wildman–Crippen MR) is 76.8 cm³/mol. The molecule has 0 heterocycles. The molecule has 0 atom stereocenters. The van der Waals surface area contributed by atoms with Crippen LogP contribution >= 0.6 is 0 Å². The molecule has 1 aromatic rings. The second-order valence-electron chi connectivity index (χ2n) is 6.24. The van der Waals surface area contributed by atoms with Crippen LogP contribution in [0, 0.1) is 13.8 Å². The van der Waals surface area contributed by atoms with E-state index < -0.39 is 69.5 Å². The van der Waals surface area contributed by atoms with Crippen LogP contribution in [0.5, 0.6) is 0 Å². The van der Waals surface area contributed by atoms with Crippen LogP contribution in [0.4, 0.5) is 64.1 Å². The van der Waals surface area contributed by atoms with Gasteiger partial charge in [-0.05, 0) is 25.0 Å². The highest BCUT2D eigenvalue weighted by molar-refractivity contribution is 5.74. The maximum Gasteiger partial charge on any atom is 0.430 e. The molecule has 0 aliphatic heterocycles. The second kappa shape index (κ2) is 6.70. The molecule has 0 unspecified atom stereocenters. The van der Waals surface area contributed by atoms with E-state index in [0.717, 1.165) is 0 Å². The van der Waals surface area contributed by atoms with Gasteiger partial charge in [-0.25, -0.2) is 0 Å². The number of rotatable bonds is 2. The maximum atomic E-state index is 13.1. The highest BCUT2D eigenvalue weighted by Crippen LogP contribution is 2.58. The lowest BCUT2D eigenvalue weighted by molar-refractivity contribution is -0.377. The van der Waals surface area contributed by atoms with E-state index in [-0.39, 0.29) is 13.8 Å². The molecule has 30 heavy (non-hydrogen) atoms. The molecule has 0 saturated carbocycles. The third-order valence-corrected chi connectivity index (χ3v) is 4.46. The number of aliphatic hydroxyl groups is 2. The van der Waals surface area contributed by atoms with Crippen molar-refractivity contribution < 1.29 is 62.9 Å². The fourth-order valence-electron chi connectivity index (χ4n) is 2.87. The van der Waals surface area contributed by atoms with Gasteiger partial charge in [-0.2, -0.15) is 52.7 Å². The smallest absolute Gasteiger partial charge is 0.398 e. The fraction of sp³-hybridized carbons (Fsp3) is 0.571. The van der Waals surface area contributed by atoms with Gasteiger partial charge >= 0.3 is 24.7 Å². The van der Waals surface area contributed by atoms with Crippen molar-refractivity contribution in [1.29, 1.82) is 0 Å². The van der Waals surface area contributed by atoms with E-state index in [1.54, 1.807) is 0 Å². The number of nitrogen functional groups attached to an aromatic ring is 2. The molecule has 0 bridgehead atoms. The average Bonchev–Trinajstić information content (AvgIpc) is 2.48. The maximum absolute atomic E-state index is 13.1. The molecule has 6 N–H and O–H groups in total. The van der Waals surface area contributed by atoms with Crippen molar-refractivity contribution in [3.8, 4) is 0 Å². The minimum Gasteiger partial charge on any atom is -0.398 e. The summed E-state index contributed by atoms with van der Waals surface area (Å²) in [6.45, 7) is 0.360. The van der Waals surface area contributed by atoms with Gasteiger partial charge in [0.1, 0.15) is 0 Å². The molecule has 0 fully saturated rings. The van der Waals surface area contributed by atoms with Crippen LogP contribution < -0.4 is 11.5 Å². The molecular formula is C14H12F12N2O2. The SMILES string of the molecule is Cc1c(N)c(C(O)(C(F)(F)F)C(F)(F)F)c(C)c(N)c1C(O)(C(F)(F)F)C(F)(F)F. The van der Waals surface area contributed by atoms with Gasteiger partial charge in [0, 0.05) is 22.5 Å². The van der Waals surface area contributed by atoms with Gasteiger partial charge in [-0.15, -0.1) is 0 Å². The lowest BCUT2D eigenvalue weighted by atomic mass is 9.78. The van der Waals surface area contributed by atoms with E-state index in [4.69, 9.17) is 11.5 Å². The van der Waals surface area contributed by atoms with Crippen molar-refractivity contribution in [3.63, 3.8) is 0 Å². The number of nitrogens with two attached hydrogens (primary N) is 2. The van der Waals surface area contributed by atoms with Crippen LogP contribution in [-0.2, 0) is 11.2 Å². The Morgan fingerprint density at radius 3 is 0.800 bits per heavy atom. The van der Waals surface area contributed by atoms with E-state index in [1.807, 2.05) is 0 Å². The van der Waals surface area contributed by atoms with Crippen LogP contribution in [0.15, 0.2) is 0 Å². The summed E-state index contributed by atoms with van der Waals surface area (Å²) in [4.78, 5) is 0. The zero-order valence-corrected chi connectivity index (χ0v) is 14.6. The van der Waals surface area contributed by atoms with E-state index in [2.05, 4.69) is 0 Å². The van der Waals surface area contributed by atoms with Gasteiger partial charge in [-0.3, -0.25) is 0 Å². The van der Waals surface area contributed by atoms with Gasteiger partial charge < -0.3 is 21.7 Å². The fourth-order valence-corrected chi connectivity index (χ4v) is 2.87. The van der Waals surface area contributed by atoms with Gasteiger partial charge in [-0.1, -0.05) is 0 Å². The Morgan fingerprint density at radius 2 is 0.667 bits per heavy atom. The first-order valence-electron chi connectivity index (χ1n) is 7.29. The summed E-state index contributed by atoms with van der Waals surface area (Å²) in [6, 6.07) is 0. The zero-order valence-electron chi connectivity index (χ0n) is 14.6. The van der Waals surface area contributed by atoms with Crippen LogP contribution in [0.2, 0.25) is 0 Å². The molecule has 16 heteroatoms. The molecule has 174 valence electrons. The highest BCUT2D eigenvalue weighted by Gasteiger charge is 2.75. The second-order valence-corrected chi connectivity index (χ2v) is 6.24. The molecule has 0 aliphatic rings. The topological polar surface area (TPSA) is 92.5 Å². The van der Waals surface area contributed by atoms with Gasteiger partial charge in [0.05, 0.1) is 0 Å². The van der Waals surface area contributed by atoms with Crippen molar-refractivity contribution in [1.82, 2.24) is 0 Å². The number of alkyl halides is 12. The van der Waals surface area contributed by atoms with Gasteiger partial charge in [0.25, 0.3) is 11.2 Å². The van der Waals surface area contributed by atoms with E-state index in [1.165, 1.54) is 0 Å². The first-order valence-corrected chi connectivity index (χ1v) is 7.29. The lowest BCUT2D eigenvalue weighted by Gasteiger charge is -2.39. The van der Waals surface area contributed by atoms with Crippen molar-refractivity contribution in [2.45, 2.75) is 49.8 Å². The number of hydrogen-bond acceptors (Lipinski definition) is 4. The minimum atomic E-state index is -6.56. The molecule has 0 spiro atoms. The quantitative estimate of drug-likeness (QED) is 0.389. The van der Waals surface area contributed by atoms with Gasteiger partial charge in [0.15, 0.2) is 0 Å². The van der Waals surface area contributed by atoms with E-state index in [0.29, 0.717) is 0 Å². The Bertz CT molecular complexity index is 710. The molecular weight excluding hydrogens is 456 g/mol. The van der Waals surface area contributed by atoms with Crippen molar-refractivity contribution in [3.05, 3.63) is 22.3 Å². The lowest BCUT2D eigenvalue weighted by Crippen LogP contribution is -2.56. The number of anilines is 2. The Labute approximate surface area is 159 Å². The van der Waals surface area contributed by atoms with Crippen molar-refractivity contribution in [2.75, 3.05) is 11.5 Å². The number of benzene rings is 1. The summed E-state index contributed by atoms with van der Waals surface area (Å²) in [5, 5.41) is 19.0. The molecule has 1 aromatic carbocycles. The summed E-state index contributed by atoms with van der Waals surface area (Å²) in [6.07, 6.45) is -26.2. The molecule has 0 aliphatic carbocycles. The third-order valence-electron chi connectivity index (χ3n) is 4.46. The molecule has 1 rings (SSSR count). The van der Waals surface area contributed by atoms with Crippen LogP contribution in [0.3, 0.4) is 0 Å². The van der Waals surface area contributed by atoms with Crippen LogP contribution in [0.25, 0.3) is 0 Å². The Kier molecular flexibility index (Phi) is 5.79. The summed E-state index contributed by atoms with van der Waals surface area (Å²) >= 11 is 0. The van der Waals surface area contributed by atoms with Crippen molar-refractivity contribution in [2.24, 2.45) is 0 Å². The largest absolute Gasteiger partial charge is 0.430 e. The van der Waals surface area contributed by atoms with E-state index in [9.17, 15) is 62.9 Å². The predicted octanol–water partition coefficient (Wildman–Crippen LogP) is 4.09. The molecule has 0 saturated heterocycles. The normalized spacial score (nSPS) is 14.9. The zero-order chi connectivity index (χ0) is 24.5. The molecule has 4 nitrogen and oxygen atoms in total. The summed E-state index contributed by atoms with van der Waals surface area (Å²) < 4.78 is 158. The van der Waals surface area contributed by atoms with Crippen molar-refractivity contribution >= 4 is 11.4 Å². The molecule has 0 amide bonds. The Morgan fingerprint density at radius 1 is 0.500 bits per heavy atom. The Balaban J connectivity index is 4.28. The number of hydrogen-bond donors (Lipinski definition) is 4. The van der Waals surface area contributed by atoms with Crippen LogP contribution in [-0.4, -0.2) is 34.9 Å².